The fourth-order valence-corrected chi connectivity index (χ4v) is 4.18. The predicted octanol–water partition coefficient (Wildman–Crippen LogP) is 4.91. The summed E-state index contributed by atoms with van der Waals surface area (Å²) in [6, 6.07) is 19.2. The molecule has 0 saturated heterocycles. The number of nitrogens with one attached hydrogen (secondary N) is 1. The molecule has 4 aromatic rings. The molecule has 4 rings (SSSR count). The number of likely N-dealkylation sites (N-methyl/N-ethyl adjacent to an activating group) is 2. The number of nitrogens with zero attached hydrogens (tertiary/aromatic N) is 5. The van der Waals surface area contributed by atoms with Crippen molar-refractivity contribution in [3.05, 3.63) is 77.9 Å². The average molecular weight is 473 g/mol. The van der Waals surface area contributed by atoms with Crippen LogP contribution in [0.25, 0.3) is 22.0 Å². The van der Waals surface area contributed by atoms with Gasteiger partial charge in [-0.1, -0.05) is 42.5 Å². The van der Waals surface area contributed by atoms with Crippen LogP contribution < -0.4 is 10.2 Å². The minimum absolute atomic E-state index is 0.284. The summed E-state index contributed by atoms with van der Waals surface area (Å²) < 4.78 is 0. The molecule has 2 heterocycles. The van der Waals surface area contributed by atoms with E-state index >= 15 is 0 Å². The number of rotatable bonds is 9. The van der Waals surface area contributed by atoms with Crippen molar-refractivity contribution < 1.29 is 4.79 Å². The highest BCUT2D eigenvalue weighted by Crippen LogP contribution is 2.30. The second-order valence-electron chi connectivity index (χ2n) is 8.02. The molecule has 174 valence electrons. The first-order valence-electron chi connectivity index (χ1n) is 11.2. The Morgan fingerprint density at radius 2 is 1.76 bits per heavy atom. The number of thiazole rings is 1. The molecule has 0 aliphatic carbocycles. The monoisotopic (exact) mass is 472 g/mol. The lowest BCUT2D eigenvalue weighted by Gasteiger charge is -2.24. The van der Waals surface area contributed by atoms with Crippen LogP contribution in [0.3, 0.4) is 0 Å². The van der Waals surface area contributed by atoms with Gasteiger partial charge in [-0.15, -0.1) is 11.3 Å². The molecule has 34 heavy (non-hydrogen) atoms. The van der Waals surface area contributed by atoms with E-state index in [1.807, 2.05) is 74.1 Å². The van der Waals surface area contributed by atoms with Crippen LogP contribution in [0.4, 0.5) is 11.5 Å². The normalized spacial score (nSPS) is 10.9. The molecular weight excluding hydrogens is 444 g/mol. The number of carbonyl (C=O) groups is 1. The Morgan fingerprint density at radius 1 is 1.00 bits per heavy atom. The number of amides is 1. The molecule has 0 spiro atoms. The van der Waals surface area contributed by atoms with Gasteiger partial charge in [-0.05, 0) is 33.2 Å². The van der Waals surface area contributed by atoms with Crippen molar-refractivity contribution >= 4 is 28.7 Å². The molecular formula is C26H28N6OS. The van der Waals surface area contributed by atoms with E-state index in [-0.39, 0.29) is 5.91 Å². The van der Waals surface area contributed by atoms with E-state index in [1.54, 1.807) is 12.3 Å². The van der Waals surface area contributed by atoms with Gasteiger partial charge in [-0.3, -0.25) is 4.79 Å². The molecule has 1 amide bonds. The van der Waals surface area contributed by atoms with Crippen LogP contribution in [-0.4, -0.2) is 59.5 Å². The number of anilines is 2. The first-order chi connectivity index (χ1) is 16.5. The topological polar surface area (TPSA) is 74.2 Å². The van der Waals surface area contributed by atoms with Gasteiger partial charge in [0.25, 0.3) is 5.91 Å². The Morgan fingerprint density at radius 3 is 2.47 bits per heavy atom. The van der Waals surface area contributed by atoms with Crippen molar-refractivity contribution in [1.29, 1.82) is 0 Å². The van der Waals surface area contributed by atoms with Crippen molar-refractivity contribution in [1.82, 2.24) is 19.9 Å². The molecule has 0 bridgehead atoms. The van der Waals surface area contributed by atoms with Gasteiger partial charge in [0.2, 0.25) is 0 Å². The highest BCUT2D eigenvalue weighted by molar-refractivity contribution is 7.13. The third-order valence-electron chi connectivity index (χ3n) is 5.34. The standard InChI is InChI=1S/C26H28N6OS/c1-4-32(16-15-31(2)3)23-18-22(28-24(30-23)19-10-6-5-7-11-19)25(33)29-21-13-9-8-12-20(21)26-27-14-17-34-26/h5-14,17-18H,4,15-16H2,1-3H3,(H,29,33). The third-order valence-corrected chi connectivity index (χ3v) is 6.14. The van der Waals surface area contributed by atoms with Gasteiger partial charge in [0.15, 0.2) is 5.82 Å². The molecule has 0 fully saturated rings. The Labute approximate surface area is 204 Å². The minimum atomic E-state index is -0.284. The second-order valence-corrected chi connectivity index (χ2v) is 8.92. The SMILES string of the molecule is CCN(CCN(C)C)c1cc(C(=O)Nc2ccccc2-c2nccs2)nc(-c2ccccc2)n1. The fraction of sp³-hybridized carbons (Fsp3) is 0.231. The summed E-state index contributed by atoms with van der Waals surface area (Å²) in [5.41, 5.74) is 2.76. The number of hydrogen-bond donors (Lipinski definition) is 1. The summed E-state index contributed by atoms with van der Waals surface area (Å²) in [6.07, 6.45) is 1.76. The van der Waals surface area contributed by atoms with E-state index in [0.717, 1.165) is 41.6 Å². The molecule has 0 saturated carbocycles. The Bertz CT molecular complexity index is 1230. The molecule has 0 radical (unpaired) electrons. The number of carbonyl (C=O) groups excluding carboxylic acids is 1. The van der Waals surface area contributed by atoms with Crippen LogP contribution >= 0.6 is 11.3 Å². The van der Waals surface area contributed by atoms with E-state index in [0.29, 0.717) is 17.2 Å². The molecule has 0 aliphatic rings. The third kappa shape index (κ3) is 5.65. The molecule has 1 N–H and O–H groups in total. The second kappa shape index (κ2) is 11.0. The van der Waals surface area contributed by atoms with E-state index in [4.69, 9.17) is 4.98 Å². The van der Waals surface area contributed by atoms with Crippen LogP contribution in [-0.2, 0) is 0 Å². The van der Waals surface area contributed by atoms with Gasteiger partial charge < -0.3 is 15.1 Å². The lowest BCUT2D eigenvalue weighted by atomic mass is 10.1. The van der Waals surface area contributed by atoms with Crippen molar-refractivity contribution in [2.24, 2.45) is 0 Å². The number of benzene rings is 2. The maximum atomic E-state index is 13.4. The molecule has 0 aliphatic heterocycles. The first kappa shape index (κ1) is 23.5. The van der Waals surface area contributed by atoms with Crippen LogP contribution in [0.15, 0.2) is 72.2 Å². The maximum absolute atomic E-state index is 13.4. The van der Waals surface area contributed by atoms with Crippen LogP contribution in [0, 0.1) is 0 Å². The average Bonchev–Trinajstić information content (AvgIpc) is 3.40. The Balaban J connectivity index is 1.70. The van der Waals surface area contributed by atoms with Crippen LogP contribution in [0.2, 0.25) is 0 Å². The van der Waals surface area contributed by atoms with Gasteiger partial charge in [0.1, 0.15) is 16.5 Å². The summed E-state index contributed by atoms with van der Waals surface area (Å²) in [7, 11) is 4.09. The smallest absolute Gasteiger partial charge is 0.274 e. The Hall–Kier alpha value is -3.62. The quantitative estimate of drug-likeness (QED) is 0.373. The largest absolute Gasteiger partial charge is 0.355 e. The molecule has 2 aromatic carbocycles. The van der Waals surface area contributed by atoms with E-state index in [2.05, 4.69) is 32.0 Å². The summed E-state index contributed by atoms with van der Waals surface area (Å²) in [4.78, 5) is 31.5. The first-order valence-corrected chi connectivity index (χ1v) is 12.1. The minimum Gasteiger partial charge on any atom is -0.355 e. The molecule has 2 aromatic heterocycles. The molecule has 0 unspecified atom stereocenters. The van der Waals surface area contributed by atoms with E-state index in [9.17, 15) is 4.79 Å². The zero-order chi connectivity index (χ0) is 23.9. The lowest BCUT2D eigenvalue weighted by molar-refractivity contribution is 0.102. The Kier molecular flexibility index (Phi) is 7.61. The van der Waals surface area contributed by atoms with Gasteiger partial charge in [-0.2, -0.15) is 0 Å². The highest BCUT2D eigenvalue weighted by Gasteiger charge is 2.18. The maximum Gasteiger partial charge on any atom is 0.274 e. The van der Waals surface area contributed by atoms with Gasteiger partial charge in [0, 0.05) is 48.4 Å². The lowest BCUT2D eigenvalue weighted by Crippen LogP contribution is -2.32. The van der Waals surface area contributed by atoms with Crippen LogP contribution in [0.1, 0.15) is 17.4 Å². The summed E-state index contributed by atoms with van der Waals surface area (Å²) in [6.45, 7) is 4.53. The number of aromatic nitrogens is 3. The van der Waals surface area contributed by atoms with Crippen molar-refractivity contribution in [2.45, 2.75) is 6.92 Å². The van der Waals surface area contributed by atoms with Crippen molar-refractivity contribution in [3.8, 4) is 22.0 Å². The van der Waals surface area contributed by atoms with Gasteiger partial charge in [0.05, 0.1) is 5.69 Å². The van der Waals surface area contributed by atoms with E-state index in [1.165, 1.54) is 11.3 Å². The molecule has 7 nitrogen and oxygen atoms in total. The highest BCUT2D eigenvalue weighted by atomic mass is 32.1. The summed E-state index contributed by atoms with van der Waals surface area (Å²) in [5.74, 6) is 0.977. The fourth-order valence-electron chi connectivity index (χ4n) is 3.51. The number of hydrogen-bond acceptors (Lipinski definition) is 7. The predicted molar refractivity (Wildman–Crippen MR) is 139 cm³/mol. The van der Waals surface area contributed by atoms with E-state index < -0.39 is 0 Å². The van der Waals surface area contributed by atoms with Crippen LogP contribution in [0.5, 0.6) is 0 Å². The zero-order valence-corrected chi connectivity index (χ0v) is 20.4. The summed E-state index contributed by atoms with van der Waals surface area (Å²) >= 11 is 1.53. The summed E-state index contributed by atoms with van der Waals surface area (Å²) in [5, 5.41) is 5.81. The van der Waals surface area contributed by atoms with Gasteiger partial charge >= 0.3 is 0 Å². The molecule has 0 atom stereocenters. The van der Waals surface area contributed by atoms with Crippen molar-refractivity contribution in [3.63, 3.8) is 0 Å². The molecule has 8 heteroatoms. The van der Waals surface area contributed by atoms with Crippen molar-refractivity contribution in [2.75, 3.05) is 43.9 Å². The van der Waals surface area contributed by atoms with Gasteiger partial charge in [-0.25, -0.2) is 15.0 Å². The zero-order valence-electron chi connectivity index (χ0n) is 19.6. The number of para-hydroxylation sites is 1.